The predicted molar refractivity (Wildman–Crippen MR) is 102 cm³/mol. The first-order valence-corrected chi connectivity index (χ1v) is 9.43. The summed E-state index contributed by atoms with van der Waals surface area (Å²) in [5.74, 6) is 0.521. The van der Waals surface area contributed by atoms with Gasteiger partial charge in [-0.25, -0.2) is 9.78 Å². The van der Waals surface area contributed by atoms with Gasteiger partial charge in [0.05, 0.1) is 10.7 Å². The van der Waals surface area contributed by atoms with Crippen molar-refractivity contribution in [3.05, 3.63) is 22.8 Å². The SMILES string of the molecule is Cc1nc(N2CCCC(CNC(=O)CN3C(=O)CN(C)C3=O)C2)ccc1Cl. The van der Waals surface area contributed by atoms with Crippen LogP contribution in [0.15, 0.2) is 12.1 Å². The molecule has 2 saturated heterocycles. The van der Waals surface area contributed by atoms with Crippen LogP contribution in [0.25, 0.3) is 0 Å². The molecule has 1 aromatic heterocycles. The normalized spacial score (nSPS) is 20.4. The van der Waals surface area contributed by atoms with Gasteiger partial charge in [0.1, 0.15) is 18.9 Å². The average Bonchev–Trinajstić information content (AvgIpc) is 2.88. The van der Waals surface area contributed by atoms with Gasteiger partial charge in [0.2, 0.25) is 5.91 Å². The van der Waals surface area contributed by atoms with Crippen molar-refractivity contribution >= 4 is 35.3 Å². The minimum Gasteiger partial charge on any atom is -0.356 e. The van der Waals surface area contributed by atoms with Crippen LogP contribution in [0, 0.1) is 12.8 Å². The monoisotopic (exact) mass is 393 g/mol. The van der Waals surface area contributed by atoms with E-state index in [9.17, 15) is 14.4 Å². The molecule has 9 heteroatoms. The number of anilines is 1. The van der Waals surface area contributed by atoms with E-state index in [1.54, 1.807) is 7.05 Å². The van der Waals surface area contributed by atoms with E-state index in [1.165, 1.54) is 4.90 Å². The van der Waals surface area contributed by atoms with E-state index in [1.807, 2.05) is 19.1 Å². The Morgan fingerprint density at radius 1 is 1.37 bits per heavy atom. The van der Waals surface area contributed by atoms with Crippen molar-refractivity contribution in [1.29, 1.82) is 0 Å². The molecule has 3 heterocycles. The Hall–Kier alpha value is -2.35. The molecular formula is C18H24ClN5O3. The van der Waals surface area contributed by atoms with Gasteiger partial charge >= 0.3 is 6.03 Å². The van der Waals surface area contributed by atoms with Gasteiger partial charge in [0.25, 0.3) is 5.91 Å². The summed E-state index contributed by atoms with van der Waals surface area (Å²) in [6, 6.07) is 3.34. The molecule has 2 aliphatic heterocycles. The number of likely N-dealkylation sites (N-methyl/N-ethyl adjacent to an activating group) is 1. The fourth-order valence-electron chi connectivity index (χ4n) is 3.43. The average molecular weight is 394 g/mol. The van der Waals surface area contributed by atoms with Crippen molar-refractivity contribution in [3.63, 3.8) is 0 Å². The number of halogens is 1. The predicted octanol–water partition coefficient (Wildman–Crippen LogP) is 1.27. The number of carbonyl (C=O) groups excluding carboxylic acids is 3. The highest BCUT2D eigenvalue weighted by Gasteiger charge is 2.34. The van der Waals surface area contributed by atoms with E-state index < -0.39 is 6.03 Å². The van der Waals surface area contributed by atoms with Crippen molar-refractivity contribution in [3.8, 4) is 0 Å². The third kappa shape index (κ3) is 4.50. The minimum atomic E-state index is -0.428. The molecule has 4 amide bonds. The van der Waals surface area contributed by atoms with Crippen molar-refractivity contribution < 1.29 is 14.4 Å². The van der Waals surface area contributed by atoms with Crippen LogP contribution < -0.4 is 10.2 Å². The second-order valence-corrected chi connectivity index (χ2v) is 7.52. The summed E-state index contributed by atoms with van der Waals surface area (Å²) in [6.45, 7) is 3.90. The standard InChI is InChI=1S/C18H24ClN5O3/c1-12-14(19)5-6-15(21-12)23-7-3-4-13(9-23)8-20-16(25)10-24-17(26)11-22(2)18(24)27/h5-6,13H,3-4,7-11H2,1-2H3,(H,20,25). The quantitative estimate of drug-likeness (QED) is 0.761. The summed E-state index contributed by atoms with van der Waals surface area (Å²) >= 11 is 6.05. The Labute approximate surface area is 163 Å². The lowest BCUT2D eigenvalue weighted by Gasteiger charge is -2.34. The van der Waals surface area contributed by atoms with Crippen LogP contribution >= 0.6 is 11.6 Å². The molecule has 2 fully saturated rings. The molecule has 0 aromatic carbocycles. The van der Waals surface area contributed by atoms with Crippen molar-refractivity contribution in [2.75, 3.05) is 44.7 Å². The van der Waals surface area contributed by atoms with E-state index in [0.717, 1.165) is 42.3 Å². The summed E-state index contributed by atoms with van der Waals surface area (Å²) in [7, 11) is 1.54. The molecule has 0 radical (unpaired) electrons. The summed E-state index contributed by atoms with van der Waals surface area (Å²) in [5.41, 5.74) is 0.800. The van der Waals surface area contributed by atoms with Crippen LogP contribution in [0.5, 0.6) is 0 Å². The minimum absolute atomic E-state index is 0.0250. The van der Waals surface area contributed by atoms with Crippen molar-refractivity contribution in [2.24, 2.45) is 5.92 Å². The van der Waals surface area contributed by atoms with Gasteiger partial charge in [-0.3, -0.25) is 14.5 Å². The first-order valence-electron chi connectivity index (χ1n) is 9.05. The molecule has 0 spiro atoms. The molecule has 1 aromatic rings. The number of urea groups is 1. The zero-order valence-corrected chi connectivity index (χ0v) is 16.3. The smallest absolute Gasteiger partial charge is 0.327 e. The van der Waals surface area contributed by atoms with Crippen LogP contribution in [-0.4, -0.2) is 72.4 Å². The Morgan fingerprint density at radius 3 is 2.81 bits per heavy atom. The van der Waals surface area contributed by atoms with Gasteiger partial charge in [-0.2, -0.15) is 0 Å². The highest BCUT2D eigenvalue weighted by atomic mass is 35.5. The Kier molecular flexibility index (Phi) is 5.84. The number of imide groups is 1. The number of hydrogen-bond acceptors (Lipinski definition) is 5. The molecule has 3 rings (SSSR count). The van der Waals surface area contributed by atoms with Crippen molar-refractivity contribution in [1.82, 2.24) is 20.1 Å². The van der Waals surface area contributed by atoms with Crippen LogP contribution in [-0.2, 0) is 9.59 Å². The van der Waals surface area contributed by atoms with Gasteiger partial charge in [0.15, 0.2) is 0 Å². The Morgan fingerprint density at radius 2 is 2.15 bits per heavy atom. The van der Waals surface area contributed by atoms with Crippen LogP contribution in [0.1, 0.15) is 18.5 Å². The first kappa shape index (κ1) is 19.4. The number of pyridine rings is 1. The number of amides is 4. The van der Waals surface area contributed by atoms with E-state index in [4.69, 9.17) is 11.6 Å². The van der Waals surface area contributed by atoms with Crippen LogP contribution in [0.2, 0.25) is 5.02 Å². The lowest BCUT2D eigenvalue weighted by atomic mass is 9.98. The fraction of sp³-hybridized carbons (Fsp3) is 0.556. The number of piperidine rings is 1. The number of nitrogens with zero attached hydrogens (tertiary/aromatic N) is 4. The number of aryl methyl sites for hydroxylation is 1. The summed E-state index contributed by atoms with van der Waals surface area (Å²) in [6.07, 6.45) is 2.02. The van der Waals surface area contributed by atoms with Crippen LogP contribution in [0.4, 0.5) is 10.6 Å². The lowest BCUT2D eigenvalue weighted by molar-refractivity contribution is -0.130. The zero-order chi connectivity index (χ0) is 19.6. The van der Waals surface area contributed by atoms with Gasteiger partial charge in [-0.1, -0.05) is 11.6 Å². The molecule has 0 saturated carbocycles. The van der Waals surface area contributed by atoms with Gasteiger partial charge in [-0.05, 0) is 37.8 Å². The largest absolute Gasteiger partial charge is 0.356 e. The first-order chi connectivity index (χ1) is 12.8. The number of aromatic nitrogens is 1. The summed E-state index contributed by atoms with van der Waals surface area (Å²) in [5, 5.41) is 3.51. The van der Waals surface area contributed by atoms with E-state index in [-0.39, 0.29) is 30.8 Å². The summed E-state index contributed by atoms with van der Waals surface area (Å²) in [4.78, 5) is 44.8. The third-order valence-corrected chi connectivity index (χ3v) is 5.37. The number of carbonyl (C=O) groups is 3. The molecular weight excluding hydrogens is 370 g/mol. The van der Waals surface area contributed by atoms with Gasteiger partial charge in [0, 0.05) is 26.7 Å². The van der Waals surface area contributed by atoms with E-state index in [2.05, 4.69) is 15.2 Å². The Balaban J connectivity index is 1.50. The summed E-state index contributed by atoms with van der Waals surface area (Å²) < 4.78 is 0. The van der Waals surface area contributed by atoms with Gasteiger partial charge < -0.3 is 15.1 Å². The molecule has 8 nitrogen and oxygen atoms in total. The molecule has 1 unspecified atom stereocenters. The number of rotatable bonds is 5. The molecule has 27 heavy (non-hydrogen) atoms. The topological polar surface area (TPSA) is 85.8 Å². The Bertz CT molecular complexity index is 757. The molecule has 0 bridgehead atoms. The molecule has 1 atom stereocenters. The third-order valence-electron chi connectivity index (χ3n) is 4.97. The maximum absolute atomic E-state index is 12.2. The fourth-order valence-corrected chi connectivity index (χ4v) is 3.53. The number of hydrogen-bond donors (Lipinski definition) is 1. The maximum atomic E-state index is 12.2. The number of nitrogens with one attached hydrogen (secondary N) is 1. The maximum Gasteiger partial charge on any atom is 0.327 e. The highest BCUT2D eigenvalue weighted by molar-refractivity contribution is 6.31. The second kappa shape index (κ2) is 8.12. The molecule has 0 aliphatic carbocycles. The van der Waals surface area contributed by atoms with Crippen molar-refractivity contribution in [2.45, 2.75) is 19.8 Å². The second-order valence-electron chi connectivity index (χ2n) is 7.11. The molecule has 146 valence electrons. The van der Waals surface area contributed by atoms with E-state index >= 15 is 0 Å². The molecule has 1 N–H and O–H groups in total. The van der Waals surface area contributed by atoms with Crippen LogP contribution in [0.3, 0.4) is 0 Å². The van der Waals surface area contributed by atoms with Gasteiger partial charge in [-0.15, -0.1) is 0 Å². The zero-order valence-electron chi connectivity index (χ0n) is 15.6. The molecule has 2 aliphatic rings. The van der Waals surface area contributed by atoms with E-state index in [0.29, 0.717) is 11.6 Å². The highest BCUT2D eigenvalue weighted by Crippen LogP contribution is 2.24. The lowest BCUT2D eigenvalue weighted by Crippen LogP contribution is -2.45.